The normalized spacial score (nSPS) is 12.7. The van der Waals surface area contributed by atoms with Gasteiger partial charge in [0.2, 0.25) is 0 Å². The van der Waals surface area contributed by atoms with Gasteiger partial charge in [0.15, 0.2) is 0 Å². The zero-order valence-electron chi connectivity index (χ0n) is 8.29. The van der Waals surface area contributed by atoms with E-state index >= 15 is 0 Å². The molecule has 0 N–H and O–H groups in total. The first-order valence-corrected chi connectivity index (χ1v) is 5.61. The van der Waals surface area contributed by atoms with Crippen molar-refractivity contribution in [2.24, 2.45) is 0 Å². The summed E-state index contributed by atoms with van der Waals surface area (Å²) in [5, 5.41) is 10.4. The average Bonchev–Trinajstić information content (AvgIpc) is 2.25. The molecule has 1 radical (unpaired) electrons. The van der Waals surface area contributed by atoms with Crippen molar-refractivity contribution in [1.82, 2.24) is 0 Å². The van der Waals surface area contributed by atoms with Crippen LogP contribution in [-0.4, -0.2) is 12.5 Å². The standard InChI is InChI=1S/C12H16ClO/c13-9-8-12(7-4-10-14)11-5-2-1-3-6-11/h1-3,5-6,12H,4,7-10H2. The fourth-order valence-corrected chi connectivity index (χ4v) is 1.93. The lowest BCUT2D eigenvalue weighted by molar-refractivity contribution is 0.184. The largest absolute Gasteiger partial charge is 0.237 e. The summed E-state index contributed by atoms with van der Waals surface area (Å²) < 4.78 is 0. The topological polar surface area (TPSA) is 19.9 Å². The smallest absolute Gasteiger partial charge is 0.0822 e. The van der Waals surface area contributed by atoms with Gasteiger partial charge in [-0.2, -0.15) is 0 Å². The minimum absolute atomic E-state index is 0.0195. The molecule has 14 heavy (non-hydrogen) atoms. The highest BCUT2D eigenvalue weighted by atomic mass is 35.5. The van der Waals surface area contributed by atoms with E-state index in [4.69, 9.17) is 11.6 Å². The summed E-state index contributed by atoms with van der Waals surface area (Å²) in [6.07, 6.45) is 2.67. The molecule has 0 bridgehead atoms. The number of benzene rings is 1. The Bertz CT molecular complexity index is 235. The Morgan fingerprint density at radius 3 is 2.43 bits per heavy atom. The van der Waals surface area contributed by atoms with E-state index in [0.717, 1.165) is 19.3 Å². The van der Waals surface area contributed by atoms with Gasteiger partial charge in [0.25, 0.3) is 0 Å². The molecule has 77 valence electrons. The monoisotopic (exact) mass is 211 g/mol. The molecule has 0 saturated carbocycles. The summed E-state index contributed by atoms with van der Waals surface area (Å²) in [4.78, 5) is 0. The molecule has 0 aliphatic rings. The first-order valence-electron chi connectivity index (χ1n) is 5.07. The van der Waals surface area contributed by atoms with Crippen molar-refractivity contribution in [3.63, 3.8) is 0 Å². The van der Waals surface area contributed by atoms with E-state index in [9.17, 15) is 5.11 Å². The van der Waals surface area contributed by atoms with E-state index in [2.05, 4.69) is 12.1 Å². The van der Waals surface area contributed by atoms with Gasteiger partial charge in [0.1, 0.15) is 0 Å². The maximum Gasteiger partial charge on any atom is 0.0822 e. The Hall–Kier alpha value is -0.530. The van der Waals surface area contributed by atoms with Crippen LogP contribution in [0.5, 0.6) is 0 Å². The molecule has 0 amide bonds. The highest BCUT2D eigenvalue weighted by Crippen LogP contribution is 2.24. The average molecular weight is 212 g/mol. The molecule has 0 fully saturated rings. The summed E-state index contributed by atoms with van der Waals surface area (Å²) in [5.74, 6) is 1.13. The molecule has 0 heterocycles. The lowest BCUT2D eigenvalue weighted by atomic mass is 9.92. The maximum absolute atomic E-state index is 10.4. The Labute approximate surface area is 90.7 Å². The molecule has 0 aromatic heterocycles. The fourth-order valence-electron chi connectivity index (χ4n) is 1.66. The van der Waals surface area contributed by atoms with E-state index in [0.29, 0.717) is 11.8 Å². The van der Waals surface area contributed by atoms with Gasteiger partial charge in [-0.05, 0) is 30.7 Å². The molecule has 1 nitrogen and oxygen atoms in total. The minimum atomic E-state index is 0.0195. The van der Waals surface area contributed by atoms with Crippen molar-refractivity contribution in [3.05, 3.63) is 35.9 Å². The van der Waals surface area contributed by atoms with Crippen LogP contribution in [-0.2, 0) is 5.11 Å². The molecule has 2 heteroatoms. The second-order valence-electron chi connectivity index (χ2n) is 3.43. The van der Waals surface area contributed by atoms with Crippen LogP contribution in [0.3, 0.4) is 0 Å². The Morgan fingerprint density at radius 1 is 1.14 bits per heavy atom. The lowest BCUT2D eigenvalue weighted by Crippen LogP contribution is -2.00. The molecule has 1 aromatic rings. The number of halogens is 1. The number of hydrogen-bond donors (Lipinski definition) is 0. The van der Waals surface area contributed by atoms with Crippen molar-refractivity contribution in [1.29, 1.82) is 0 Å². The second-order valence-corrected chi connectivity index (χ2v) is 3.81. The number of rotatable bonds is 6. The SMILES string of the molecule is [O]CCCC(CCCl)c1ccccc1. The fraction of sp³-hybridized carbons (Fsp3) is 0.500. The Balaban J connectivity index is 2.58. The summed E-state index contributed by atoms with van der Waals surface area (Å²) >= 11 is 5.75. The highest BCUT2D eigenvalue weighted by Gasteiger charge is 2.09. The van der Waals surface area contributed by atoms with Crippen molar-refractivity contribution in [2.75, 3.05) is 12.5 Å². The van der Waals surface area contributed by atoms with Crippen LogP contribution < -0.4 is 0 Å². The van der Waals surface area contributed by atoms with Gasteiger partial charge in [-0.1, -0.05) is 30.3 Å². The van der Waals surface area contributed by atoms with E-state index in [-0.39, 0.29) is 6.61 Å². The van der Waals surface area contributed by atoms with Crippen LogP contribution in [0, 0.1) is 0 Å². The molecule has 0 saturated heterocycles. The van der Waals surface area contributed by atoms with Crippen LogP contribution in [0.25, 0.3) is 0 Å². The quantitative estimate of drug-likeness (QED) is 0.641. The van der Waals surface area contributed by atoms with E-state index < -0.39 is 0 Å². The molecule has 1 unspecified atom stereocenters. The molecule has 1 rings (SSSR count). The predicted molar refractivity (Wildman–Crippen MR) is 59.3 cm³/mol. The lowest BCUT2D eigenvalue weighted by Gasteiger charge is -2.14. The van der Waals surface area contributed by atoms with Gasteiger partial charge in [-0.25, -0.2) is 5.11 Å². The zero-order chi connectivity index (χ0) is 10.2. The first kappa shape index (κ1) is 11.5. The van der Waals surface area contributed by atoms with Crippen LogP contribution in [0.4, 0.5) is 0 Å². The van der Waals surface area contributed by atoms with E-state index in [1.54, 1.807) is 0 Å². The molecular weight excluding hydrogens is 196 g/mol. The van der Waals surface area contributed by atoms with Crippen LogP contribution in [0.2, 0.25) is 0 Å². The van der Waals surface area contributed by atoms with Crippen LogP contribution in [0.1, 0.15) is 30.7 Å². The molecule has 0 aliphatic carbocycles. The van der Waals surface area contributed by atoms with Gasteiger partial charge < -0.3 is 0 Å². The van der Waals surface area contributed by atoms with Crippen LogP contribution >= 0.6 is 11.6 Å². The highest BCUT2D eigenvalue weighted by molar-refractivity contribution is 6.17. The van der Waals surface area contributed by atoms with E-state index in [1.807, 2.05) is 18.2 Å². The van der Waals surface area contributed by atoms with Crippen LogP contribution in [0.15, 0.2) is 30.3 Å². The summed E-state index contributed by atoms with van der Waals surface area (Å²) in [6, 6.07) is 10.3. The number of hydrogen-bond acceptors (Lipinski definition) is 0. The van der Waals surface area contributed by atoms with Gasteiger partial charge in [-0.15, -0.1) is 11.6 Å². The Kier molecular flexibility index (Phi) is 5.65. The number of alkyl halides is 1. The maximum atomic E-state index is 10.4. The van der Waals surface area contributed by atoms with Gasteiger partial charge in [0, 0.05) is 5.88 Å². The first-order chi connectivity index (χ1) is 6.88. The molecule has 1 aromatic carbocycles. The summed E-state index contributed by atoms with van der Waals surface area (Å²) in [6.45, 7) is 0.0195. The molecular formula is C12H16ClO. The minimum Gasteiger partial charge on any atom is -0.237 e. The predicted octanol–water partition coefficient (Wildman–Crippen LogP) is 3.61. The van der Waals surface area contributed by atoms with Crippen molar-refractivity contribution in [2.45, 2.75) is 25.2 Å². The van der Waals surface area contributed by atoms with Crippen molar-refractivity contribution < 1.29 is 5.11 Å². The third-order valence-corrected chi connectivity index (χ3v) is 2.64. The second kappa shape index (κ2) is 6.86. The molecule has 1 atom stereocenters. The Morgan fingerprint density at radius 2 is 1.86 bits per heavy atom. The summed E-state index contributed by atoms with van der Waals surface area (Å²) in [5.41, 5.74) is 1.31. The van der Waals surface area contributed by atoms with E-state index in [1.165, 1.54) is 5.56 Å². The van der Waals surface area contributed by atoms with Crippen molar-refractivity contribution >= 4 is 11.6 Å². The van der Waals surface area contributed by atoms with Gasteiger partial charge >= 0.3 is 0 Å². The zero-order valence-corrected chi connectivity index (χ0v) is 9.04. The van der Waals surface area contributed by atoms with Gasteiger partial charge in [0.05, 0.1) is 6.61 Å². The van der Waals surface area contributed by atoms with Gasteiger partial charge in [-0.3, -0.25) is 0 Å². The molecule has 0 aliphatic heterocycles. The van der Waals surface area contributed by atoms with Crippen molar-refractivity contribution in [3.8, 4) is 0 Å². The third kappa shape index (κ3) is 3.69. The molecule has 0 spiro atoms. The summed E-state index contributed by atoms with van der Waals surface area (Å²) in [7, 11) is 0. The third-order valence-electron chi connectivity index (χ3n) is 2.43.